The molecule has 0 spiro atoms. The average molecular weight is 186 g/mol. The van der Waals surface area contributed by atoms with Gasteiger partial charge in [-0.05, 0) is 12.2 Å². The molecule has 0 aliphatic rings. The van der Waals surface area contributed by atoms with E-state index in [1.165, 1.54) is 12.2 Å². The molecule has 0 aliphatic heterocycles. The van der Waals surface area contributed by atoms with E-state index in [9.17, 15) is 8.78 Å². The van der Waals surface area contributed by atoms with Gasteiger partial charge < -0.3 is 4.74 Å². The number of halogens is 2. The van der Waals surface area contributed by atoms with Gasteiger partial charge in [0.25, 0.3) is 0 Å². The van der Waals surface area contributed by atoms with Crippen LogP contribution in [0.5, 0.6) is 0 Å². The molecule has 3 heteroatoms. The molecule has 13 heavy (non-hydrogen) atoms. The van der Waals surface area contributed by atoms with E-state index in [2.05, 4.69) is 0 Å². The number of rotatable bonds is 6. The standard InChI is InChI=1S/C10H12F2O/c11-7-3-1-5-9-13-10-6-2-4-8-12/h1-8H,9-10H2. The van der Waals surface area contributed by atoms with Gasteiger partial charge in [0, 0.05) is 0 Å². The molecular weight excluding hydrogens is 174 g/mol. The van der Waals surface area contributed by atoms with Crippen molar-refractivity contribution in [3.05, 3.63) is 49.1 Å². The van der Waals surface area contributed by atoms with E-state index >= 15 is 0 Å². The summed E-state index contributed by atoms with van der Waals surface area (Å²) in [6, 6.07) is 0. The normalized spacial score (nSPS) is 13.1. The van der Waals surface area contributed by atoms with Crippen LogP contribution in [0.25, 0.3) is 0 Å². The van der Waals surface area contributed by atoms with Crippen LogP contribution in [0.3, 0.4) is 0 Å². The molecule has 0 unspecified atom stereocenters. The number of hydrogen-bond acceptors (Lipinski definition) is 1. The van der Waals surface area contributed by atoms with Gasteiger partial charge in [0.1, 0.15) is 0 Å². The molecule has 0 N–H and O–H groups in total. The zero-order valence-corrected chi connectivity index (χ0v) is 7.20. The Morgan fingerprint density at radius 3 is 1.62 bits per heavy atom. The van der Waals surface area contributed by atoms with Gasteiger partial charge in [-0.15, -0.1) is 0 Å². The van der Waals surface area contributed by atoms with Gasteiger partial charge in [0.05, 0.1) is 25.9 Å². The maximum absolute atomic E-state index is 11.4. The Morgan fingerprint density at radius 1 is 0.769 bits per heavy atom. The lowest BCUT2D eigenvalue weighted by Gasteiger charge is -1.92. The molecule has 1 nitrogen and oxygen atoms in total. The molecule has 0 rings (SSSR count). The fourth-order valence-corrected chi connectivity index (χ4v) is 0.556. The summed E-state index contributed by atoms with van der Waals surface area (Å²) < 4.78 is 27.8. The Bertz CT molecular complexity index is 183. The van der Waals surface area contributed by atoms with Crippen molar-refractivity contribution in [3.8, 4) is 0 Å². The molecule has 0 saturated heterocycles. The van der Waals surface area contributed by atoms with Crippen LogP contribution in [0.2, 0.25) is 0 Å². The van der Waals surface area contributed by atoms with Crippen LogP contribution >= 0.6 is 0 Å². The molecule has 0 heterocycles. The second-order valence-corrected chi connectivity index (χ2v) is 2.03. The summed E-state index contributed by atoms with van der Waals surface area (Å²) in [5, 5.41) is 0. The van der Waals surface area contributed by atoms with Crippen LogP contribution in [0.4, 0.5) is 8.78 Å². The van der Waals surface area contributed by atoms with Crippen LogP contribution in [0.15, 0.2) is 49.1 Å². The largest absolute Gasteiger partial charge is 0.373 e. The minimum absolute atomic E-state index is 0.411. The maximum atomic E-state index is 11.4. The molecule has 0 fully saturated rings. The maximum Gasteiger partial charge on any atom is 0.0866 e. The van der Waals surface area contributed by atoms with Gasteiger partial charge in [0.2, 0.25) is 0 Å². The van der Waals surface area contributed by atoms with Crippen molar-refractivity contribution in [2.45, 2.75) is 0 Å². The highest BCUT2D eigenvalue weighted by Gasteiger charge is 1.76. The summed E-state index contributed by atoms with van der Waals surface area (Å²) in [4.78, 5) is 0. The monoisotopic (exact) mass is 186 g/mol. The predicted octanol–water partition coefficient (Wildman–Crippen LogP) is 3.08. The van der Waals surface area contributed by atoms with Gasteiger partial charge in [-0.25, -0.2) is 8.78 Å². The van der Waals surface area contributed by atoms with Gasteiger partial charge in [-0.1, -0.05) is 24.3 Å². The zero-order valence-electron chi connectivity index (χ0n) is 7.20. The minimum atomic E-state index is 0.411. The zero-order chi connectivity index (χ0) is 9.78. The molecule has 0 amide bonds. The van der Waals surface area contributed by atoms with E-state index in [4.69, 9.17) is 4.74 Å². The summed E-state index contributed by atoms with van der Waals surface area (Å²) in [7, 11) is 0. The van der Waals surface area contributed by atoms with Crippen LogP contribution in [0, 0.1) is 0 Å². The molecule has 0 saturated carbocycles. The predicted molar refractivity (Wildman–Crippen MR) is 49.6 cm³/mol. The van der Waals surface area contributed by atoms with Crippen molar-refractivity contribution in [1.29, 1.82) is 0 Å². The number of allylic oxidation sites excluding steroid dienone is 4. The molecule has 72 valence electrons. The molecule has 0 aromatic rings. The fourth-order valence-electron chi connectivity index (χ4n) is 0.556. The number of ether oxygens (including phenoxy) is 1. The summed E-state index contributed by atoms with van der Waals surface area (Å²) in [5.41, 5.74) is 0. The molecular formula is C10H12F2O. The van der Waals surface area contributed by atoms with Crippen molar-refractivity contribution in [2.75, 3.05) is 13.2 Å². The highest BCUT2D eigenvalue weighted by Crippen LogP contribution is 1.83. The third-order valence-electron chi connectivity index (χ3n) is 1.07. The average Bonchev–Trinajstić information content (AvgIpc) is 2.16. The van der Waals surface area contributed by atoms with E-state index in [0.29, 0.717) is 25.9 Å². The molecule has 0 atom stereocenters. The lowest BCUT2D eigenvalue weighted by molar-refractivity contribution is 0.194. The van der Waals surface area contributed by atoms with E-state index in [-0.39, 0.29) is 0 Å². The topological polar surface area (TPSA) is 9.23 Å². The Labute approximate surface area is 76.7 Å². The molecule has 0 radical (unpaired) electrons. The second-order valence-electron chi connectivity index (χ2n) is 2.03. The summed E-state index contributed by atoms with van der Waals surface area (Å²) in [6.07, 6.45) is 9.88. The summed E-state index contributed by atoms with van der Waals surface area (Å²) in [6.45, 7) is 0.821. The quantitative estimate of drug-likeness (QED) is 0.457. The SMILES string of the molecule is FC=CC=CCOCC=CC=CF. The third-order valence-corrected chi connectivity index (χ3v) is 1.07. The second kappa shape index (κ2) is 10.8. The van der Waals surface area contributed by atoms with Gasteiger partial charge >= 0.3 is 0 Å². The van der Waals surface area contributed by atoms with E-state index < -0.39 is 0 Å². The van der Waals surface area contributed by atoms with Crippen LogP contribution in [-0.2, 0) is 4.74 Å². The molecule has 0 aromatic carbocycles. The lowest BCUT2D eigenvalue weighted by Crippen LogP contribution is -1.89. The van der Waals surface area contributed by atoms with Crippen molar-refractivity contribution in [2.24, 2.45) is 0 Å². The highest BCUT2D eigenvalue weighted by atomic mass is 19.1. The lowest BCUT2D eigenvalue weighted by atomic mass is 10.5. The summed E-state index contributed by atoms with van der Waals surface area (Å²) in [5.74, 6) is 0. The highest BCUT2D eigenvalue weighted by molar-refractivity contribution is 5.00. The van der Waals surface area contributed by atoms with Crippen LogP contribution in [0.1, 0.15) is 0 Å². The first-order chi connectivity index (χ1) is 6.41. The van der Waals surface area contributed by atoms with Gasteiger partial charge in [0.15, 0.2) is 0 Å². The van der Waals surface area contributed by atoms with Crippen molar-refractivity contribution in [3.63, 3.8) is 0 Å². The van der Waals surface area contributed by atoms with Crippen LogP contribution < -0.4 is 0 Å². The van der Waals surface area contributed by atoms with Gasteiger partial charge in [-0.3, -0.25) is 0 Å². The Balaban J connectivity index is 3.26. The Kier molecular flexibility index (Phi) is 9.77. The van der Waals surface area contributed by atoms with Crippen molar-refractivity contribution < 1.29 is 13.5 Å². The summed E-state index contributed by atoms with van der Waals surface area (Å²) >= 11 is 0. The van der Waals surface area contributed by atoms with E-state index in [0.717, 1.165) is 0 Å². The smallest absolute Gasteiger partial charge is 0.0866 e. The fraction of sp³-hybridized carbons (Fsp3) is 0.200. The molecule has 0 bridgehead atoms. The molecule has 0 aliphatic carbocycles. The van der Waals surface area contributed by atoms with Gasteiger partial charge in [-0.2, -0.15) is 0 Å². The molecule has 0 aromatic heterocycles. The van der Waals surface area contributed by atoms with E-state index in [1.807, 2.05) is 0 Å². The Morgan fingerprint density at radius 2 is 1.23 bits per heavy atom. The first-order valence-electron chi connectivity index (χ1n) is 3.83. The first-order valence-corrected chi connectivity index (χ1v) is 3.83. The van der Waals surface area contributed by atoms with Crippen molar-refractivity contribution in [1.82, 2.24) is 0 Å². The van der Waals surface area contributed by atoms with E-state index in [1.54, 1.807) is 24.3 Å². The van der Waals surface area contributed by atoms with Crippen molar-refractivity contribution >= 4 is 0 Å². The first kappa shape index (κ1) is 11.8. The third kappa shape index (κ3) is 10.8. The minimum Gasteiger partial charge on any atom is -0.373 e. The number of hydrogen-bond donors (Lipinski definition) is 0. The Hall–Kier alpha value is -1.22. The van der Waals surface area contributed by atoms with Crippen LogP contribution in [-0.4, -0.2) is 13.2 Å².